The van der Waals surface area contributed by atoms with Gasteiger partial charge in [0.1, 0.15) is 11.3 Å². The second kappa shape index (κ2) is 8.31. The van der Waals surface area contributed by atoms with Gasteiger partial charge in [0.05, 0.1) is 16.1 Å². The summed E-state index contributed by atoms with van der Waals surface area (Å²) in [6.07, 6.45) is 0. The van der Waals surface area contributed by atoms with Crippen LogP contribution in [-0.2, 0) is 0 Å². The van der Waals surface area contributed by atoms with Crippen molar-refractivity contribution in [3.8, 4) is 17.2 Å². The average molecular weight is 458 g/mol. The van der Waals surface area contributed by atoms with Gasteiger partial charge in [-0.1, -0.05) is 35.3 Å². The lowest BCUT2D eigenvalue weighted by molar-refractivity contribution is 0.0978. The minimum atomic E-state index is -0.485. The van der Waals surface area contributed by atoms with Crippen molar-refractivity contribution in [1.82, 2.24) is 10.3 Å². The number of carbonyl (C=O) groups is 1. The molecular weight excluding hydrogens is 445 g/mol. The first-order chi connectivity index (χ1) is 14.4. The molecule has 0 radical (unpaired) electrons. The third-order valence-corrected chi connectivity index (χ3v) is 4.93. The van der Waals surface area contributed by atoms with Crippen LogP contribution < -0.4 is 10.6 Å². The number of anilines is 1. The fourth-order valence-electron chi connectivity index (χ4n) is 2.78. The quantitative estimate of drug-likeness (QED) is 0.345. The van der Waals surface area contributed by atoms with Crippen molar-refractivity contribution in [2.45, 2.75) is 0 Å². The van der Waals surface area contributed by atoms with E-state index in [2.05, 4.69) is 15.6 Å². The summed E-state index contributed by atoms with van der Waals surface area (Å²) in [4.78, 5) is 16.7. The molecule has 0 bridgehead atoms. The molecule has 0 aliphatic rings. The standard InChI is InChI=1S/C21H13Cl2N3O3S/c22-11-5-7-13(15(23)9-11)19(28)26-21(30)24-12-6-8-14(17(27)10-12)20-25-16-3-1-2-4-18(16)29-20/h1-10,27H,(H2,24,26,28,30). The number of nitrogens with one attached hydrogen (secondary N) is 2. The van der Waals surface area contributed by atoms with E-state index in [0.29, 0.717) is 33.3 Å². The van der Waals surface area contributed by atoms with Gasteiger partial charge in [-0.2, -0.15) is 0 Å². The van der Waals surface area contributed by atoms with E-state index in [0.717, 1.165) is 0 Å². The molecule has 3 aromatic carbocycles. The number of benzene rings is 3. The van der Waals surface area contributed by atoms with E-state index in [-0.39, 0.29) is 21.4 Å². The maximum absolute atomic E-state index is 12.3. The van der Waals surface area contributed by atoms with Crippen molar-refractivity contribution in [3.05, 3.63) is 76.3 Å². The molecule has 0 unspecified atom stereocenters. The first-order valence-corrected chi connectivity index (χ1v) is 9.83. The highest BCUT2D eigenvalue weighted by molar-refractivity contribution is 7.80. The smallest absolute Gasteiger partial charge is 0.258 e. The zero-order valence-electron chi connectivity index (χ0n) is 15.1. The molecule has 6 nitrogen and oxygen atoms in total. The number of halogens is 2. The van der Waals surface area contributed by atoms with Crippen molar-refractivity contribution in [1.29, 1.82) is 0 Å². The van der Waals surface area contributed by atoms with E-state index in [9.17, 15) is 9.90 Å². The Bertz CT molecular complexity index is 1260. The molecule has 9 heteroatoms. The Morgan fingerprint density at radius 1 is 1.07 bits per heavy atom. The monoisotopic (exact) mass is 457 g/mol. The van der Waals surface area contributed by atoms with Crippen LogP contribution in [-0.4, -0.2) is 21.1 Å². The number of oxazole rings is 1. The highest BCUT2D eigenvalue weighted by Crippen LogP contribution is 2.33. The van der Waals surface area contributed by atoms with Crippen LogP contribution in [0.5, 0.6) is 5.75 Å². The Morgan fingerprint density at radius 3 is 2.60 bits per heavy atom. The minimum Gasteiger partial charge on any atom is -0.507 e. The number of fused-ring (bicyclic) bond motifs is 1. The van der Waals surface area contributed by atoms with Gasteiger partial charge in [0, 0.05) is 16.8 Å². The van der Waals surface area contributed by atoms with Gasteiger partial charge in [0.25, 0.3) is 5.91 Å². The van der Waals surface area contributed by atoms with Gasteiger partial charge in [0.15, 0.2) is 10.7 Å². The number of thiocarbonyl (C=S) groups is 1. The van der Waals surface area contributed by atoms with E-state index in [1.165, 1.54) is 18.2 Å². The van der Waals surface area contributed by atoms with Crippen molar-refractivity contribution in [2.24, 2.45) is 0 Å². The van der Waals surface area contributed by atoms with Gasteiger partial charge in [-0.3, -0.25) is 10.1 Å². The summed E-state index contributed by atoms with van der Waals surface area (Å²) in [6, 6.07) is 16.6. The lowest BCUT2D eigenvalue weighted by atomic mass is 10.2. The Hall–Kier alpha value is -3.13. The second-order valence-corrected chi connectivity index (χ2v) is 7.50. The van der Waals surface area contributed by atoms with Crippen LogP contribution in [0.1, 0.15) is 10.4 Å². The molecular formula is C21H13Cl2N3O3S. The summed E-state index contributed by atoms with van der Waals surface area (Å²) in [6.45, 7) is 0. The molecule has 4 aromatic rings. The Balaban J connectivity index is 1.47. The van der Waals surface area contributed by atoms with Crippen molar-refractivity contribution >= 4 is 63.2 Å². The lowest BCUT2D eigenvalue weighted by Gasteiger charge is -2.11. The topological polar surface area (TPSA) is 87.4 Å². The van der Waals surface area contributed by atoms with Crippen LogP contribution in [0.3, 0.4) is 0 Å². The molecule has 4 rings (SSSR count). The number of nitrogens with zero attached hydrogens (tertiary/aromatic N) is 1. The van der Waals surface area contributed by atoms with Crippen LogP contribution in [0.15, 0.2) is 65.1 Å². The van der Waals surface area contributed by atoms with Crippen LogP contribution in [0.4, 0.5) is 5.69 Å². The molecule has 1 amide bonds. The number of hydrogen-bond acceptors (Lipinski definition) is 5. The number of amides is 1. The number of rotatable bonds is 3. The molecule has 0 saturated carbocycles. The summed E-state index contributed by atoms with van der Waals surface area (Å²) < 4.78 is 5.68. The molecule has 0 spiro atoms. The van der Waals surface area contributed by atoms with Crippen LogP contribution >= 0.6 is 35.4 Å². The largest absolute Gasteiger partial charge is 0.507 e. The van der Waals surface area contributed by atoms with E-state index in [4.69, 9.17) is 39.8 Å². The summed E-state index contributed by atoms with van der Waals surface area (Å²) in [5.41, 5.74) is 2.46. The summed E-state index contributed by atoms with van der Waals surface area (Å²) in [5.74, 6) is -0.239. The SMILES string of the molecule is O=C(NC(=S)Nc1ccc(-c2nc3ccccc3o2)c(O)c1)c1ccc(Cl)cc1Cl. The van der Waals surface area contributed by atoms with Gasteiger partial charge in [-0.25, -0.2) is 4.98 Å². The first kappa shape index (κ1) is 20.2. The second-order valence-electron chi connectivity index (χ2n) is 6.25. The highest BCUT2D eigenvalue weighted by atomic mass is 35.5. The Kier molecular flexibility index (Phi) is 5.59. The summed E-state index contributed by atoms with van der Waals surface area (Å²) in [5, 5.41) is 16.4. The molecule has 1 heterocycles. The molecule has 0 aliphatic heterocycles. The number of para-hydroxylation sites is 2. The number of hydrogen-bond donors (Lipinski definition) is 3. The Labute approximate surface area is 186 Å². The molecule has 0 aliphatic carbocycles. The number of aromatic hydroxyl groups is 1. The normalized spacial score (nSPS) is 10.7. The van der Waals surface area contributed by atoms with Gasteiger partial charge in [-0.05, 0) is 54.7 Å². The Morgan fingerprint density at radius 2 is 1.87 bits per heavy atom. The van der Waals surface area contributed by atoms with E-state index < -0.39 is 5.91 Å². The fraction of sp³-hybridized carbons (Fsp3) is 0. The molecule has 1 aromatic heterocycles. The first-order valence-electron chi connectivity index (χ1n) is 8.67. The highest BCUT2D eigenvalue weighted by Gasteiger charge is 2.15. The minimum absolute atomic E-state index is 0.0417. The number of phenolic OH excluding ortho intramolecular Hbond substituents is 1. The average Bonchev–Trinajstić information content (AvgIpc) is 3.11. The number of carbonyl (C=O) groups excluding carboxylic acids is 1. The number of aromatic nitrogens is 1. The zero-order valence-corrected chi connectivity index (χ0v) is 17.5. The molecule has 0 atom stereocenters. The molecule has 3 N–H and O–H groups in total. The van der Waals surface area contributed by atoms with Crippen LogP contribution in [0.2, 0.25) is 10.0 Å². The van der Waals surface area contributed by atoms with Gasteiger partial charge < -0.3 is 14.8 Å². The van der Waals surface area contributed by atoms with E-state index in [1.54, 1.807) is 24.3 Å². The fourth-order valence-corrected chi connectivity index (χ4v) is 3.49. The number of phenols is 1. The lowest BCUT2D eigenvalue weighted by Crippen LogP contribution is -2.34. The van der Waals surface area contributed by atoms with Crippen molar-refractivity contribution in [3.63, 3.8) is 0 Å². The maximum atomic E-state index is 12.3. The predicted octanol–water partition coefficient (Wildman–Crippen LogP) is 5.63. The summed E-state index contributed by atoms with van der Waals surface area (Å²) >= 11 is 17.0. The molecule has 0 fully saturated rings. The third kappa shape index (κ3) is 4.23. The van der Waals surface area contributed by atoms with E-state index in [1.807, 2.05) is 18.2 Å². The van der Waals surface area contributed by atoms with Gasteiger partial charge in [0.2, 0.25) is 5.89 Å². The van der Waals surface area contributed by atoms with Crippen LogP contribution in [0, 0.1) is 0 Å². The van der Waals surface area contributed by atoms with Crippen molar-refractivity contribution in [2.75, 3.05) is 5.32 Å². The van der Waals surface area contributed by atoms with E-state index >= 15 is 0 Å². The molecule has 30 heavy (non-hydrogen) atoms. The zero-order chi connectivity index (χ0) is 21.3. The van der Waals surface area contributed by atoms with Crippen molar-refractivity contribution < 1.29 is 14.3 Å². The predicted molar refractivity (Wildman–Crippen MR) is 121 cm³/mol. The van der Waals surface area contributed by atoms with Gasteiger partial charge in [-0.15, -0.1) is 0 Å². The summed E-state index contributed by atoms with van der Waals surface area (Å²) in [7, 11) is 0. The van der Waals surface area contributed by atoms with Gasteiger partial charge >= 0.3 is 0 Å². The molecule has 150 valence electrons. The maximum Gasteiger partial charge on any atom is 0.258 e. The van der Waals surface area contributed by atoms with Crippen LogP contribution in [0.25, 0.3) is 22.6 Å². The third-order valence-electron chi connectivity index (χ3n) is 4.18. The molecule has 0 saturated heterocycles.